The molecule has 2 aromatic rings. The summed E-state index contributed by atoms with van der Waals surface area (Å²) in [6, 6.07) is 18.3. The molecule has 1 saturated heterocycles. The maximum atomic E-state index is 12.5. The Morgan fingerprint density at radius 1 is 1.06 bits per heavy atom. The molecule has 9 heteroatoms. The van der Waals surface area contributed by atoms with E-state index >= 15 is 0 Å². The van der Waals surface area contributed by atoms with Gasteiger partial charge in [-0.2, -0.15) is 0 Å². The lowest BCUT2D eigenvalue weighted by Gasteiger charge is -2.35. The summed E-state index contributed by atoms with van der Waals surface area (Å²) in [7, 11) is 0. The number of benzene rings is 2. The van der Waals surface area contributed by atoms with Gasteiger partial charge in [0.2, 0.25) is 5.96 Å². The van der Waals surface area contributed by atoms with Gasteiger partial charge < -0.3 is 25.2 Å². The number of amides is 2. The van der Waals surface area contributed by atoms with Crippen LogP contribution < -0.4 is 11.1 Å². The van der Waals surface area contributed by atoms with Crippen molar-refractivity contribution in [3.63, 3.8) is 0 Å². The fourth-order valence-corrected chi connectivity index (χ4v) is 3.82. The van der Waals surface area contributed by atoms with Gasteiger partial charge >= 0.3 is 12.2 Å². The van der Waals surface area contributed by atoms with Gasteiger partial charge in [0.15, 0.2) is 0 Å². The number of hydrogen-bond acceptors (Lipinski definition) is 6. The van der Waals surface area contributed by atoms with Crippen molar-refractivity contribution >= 4 is 18.1 Å². The fourth-order valence-electron chi connectivity index (χ4n) is 3.82. The number of nitrogens with zero attached hydrogens (tertiary/aromatic N) is 2. The molecular formula is C25H32N4O5. The Kier molecular flexibility index (Phi) is 9.87. The second kappa shape index (κ2) is 13.3. The number of guanidine groups is 1. The number of hydrogen-bond donors (Lipinski definition) is 3. The van der Waals surface area contributed by atoms with Crippen molar-refractivity contribution in [3.8, 4) is 0 Å². The Morgan fingerprint density at radius 3 is 2.29 bits per heavy atom. The molecule has 2 unspecified atom stereocenters. The maximum absolute atomic E-state index is 12.5. The zero-order chi connectivity index (χ0) is 24.2. The minimum Gasteiger partial charge on any atom is -0.444 e. The first-order valence-corrected chi connectivity index (χ1v) is 11.4. The number of aliphatic imine (C=N–C) groups is 1. The van der Waals surface area contributed by atoms with Crippen LogP contribution in [0.3, 0.4) is 0 Å². The quantitative estimate of drug-likeness (QED) is 0.421. The molecule has 2 aromatic carbocycles. The number of carbonyl (C=O) groups is 2. The Bertz CT molecular complexity index is 939. The van der Waals surface area contributed by atoms with Gasteiger partial charge in [-0.15, -0.1) is 4.99 Å². The summed E-state index contributed by atoms with van der Waals surface area (Å²) in [5.74, 6) is 0.280. The molecule has 0 aliphatic carbocycles. The number of aliphatic hydroxyl groups is 1. The van der Waals surface area contributed by atoms with Crippen LogP contribution in [-0.4, -0.2) is 53.9 Å². The molecule has 34 heavy (non-hydrogen) atoms. The highest BCUT2D eigenvalue weighted by Gasteiger charge is 2.26. The largest absolute Gasteiger partial charge is 0.444 e. The lowest BCUT2D eigenvalue weighted by Crippen LogP contribution is -2.49. The molecule has 0 bridgehead atoms. The topological polar surface area (TPSA) is 126 Å². The van der Waals surface area contributed by atoms with Crippen LogP contribution in [0.4, 0.5) is 9.59 Å². The van der Waals surface area contributed by atoms with E-state index in [0.29, 0.717) is 19.5 Å². The number of likely N-dealkylation sites (tertiary alicyclic amines) is 1. The van der Waals surface area contributed by atoms with Crippen molar-refractivity contribution in [3.05, 3.63) is 71.8 Å². The van der Waals surface area contributed by atoms with E-state index < -0.39 is 12.2 Å². The fraction of sp³-hybridized carbons (Fsp3) is 0.400. The average molecular weight is 469 g/mol. The summed E-state index contributed by atoms with van der Waals surface area (Å²) in [6.07, 6.45) is 0.886. The molecule has 3 rings (SSSR count). The average Bonchev–Trinajstić information content (AvgIpc) is 2.87. The summed E-state index contributed by atoms with van der Waals surface area (Å²) in [6.45, 7) is 1.22. The highest BCUT2D eigenvalue weighted by atomic mass is 16.6. The third-order valence-electron chi connectivity index (χ3n) is 5.52. The van der Waals surface area contributed by atoms with Gasteiger partial charge in [-0.05, 0) is 36.3 Å². The first-order valence-electron chi connectivity index (χ1n) is 11.4. The molecule has 1 aliphatic heterocycles. The van der Waals surface area contributed by atoms with E-state index in [0.717, 1.165) is 24.0 Å². The lowest BCUT2D eigenvalue weighted by molar-refractivity contribution is 0.141. The van der Waals surface area contributed by atoms with Crippen LogP contribution in [-0.2, 0) is 22.7 Å². The van der Waals surface area contributed by atoms with E-state index in [-0.39, 0.29) is 37.7 Å². The van der Waals surface area contributed by atoms with Crippen molar-refractivity contribution < 1.29 is 24.2 Å². The van der Waals surface area contributed by atoms with Gasteiger partial charge in [0.1, 0.15) is 13.2 Å². The van der Waals surface area contributed by atoms with Gasteiger partial charge in [-0.3, -0.25) is 5.32 Å². The normalized spacial score (nSPS) is 17.1. The lowest BCUT2D eigenvalue weighted by atomic mass is 9.92. The molecule has 182 valence electrons. The first-order chi connectivity index (χ1) is 16.5. The molecule has 0 radical (unpaired) electrons. The SMILES string of the molecule is NC(CO)CC1CCCN(/C(=N/C(=O)OCc2ccccc2)NC(=O)OCc2ccccc2)C1. The van der Waals surface area contributed by atoms with Crippen LogP contribution in [0.25, 0.3) is 0 Å². The van der Waals surface area contributed by atoms with Gasteiger partial charge in [0, 0.05) is 19.1 Å². The smallest absolute Gasteiger partial charge is 0.437 e. The molecule has 1 heterocycles. The van der Waals surface area contributed by atoms with Crippen LogP contribution in [0, 0.1) is 5.92 Å². The van der Waals surface area contributed by atoms with Crippen molar-refractivity contribution in [2.45, 2.75) is 38.5 Å². The Labute approximate surface area is 199 Å². The molecule has 0 spiro atoms. The van der Waals surface area contributed by atoms with E-state index in [1.165, 1.54) is 0 Å². The number of aliphatic hydroxyl groups excluding tert-OH is 1. The summed E-state index contributed by atoms with van der Waals surface area (Å²) in [5.41, 5.74) is 7.59. The second-order valence-electron chi connectivity index (χ2n) is 8.29. The summed E-state index contributed by atoms with van der Waals surface area (Å²) >= 11 is 0. The number of alkyl carbamates (subject to hydrolysis) is 1. The van der Waals surface area contributed by atoms with E-state index in [1.54, 1.807) is 0 Å². The standard InChI is InChI=1S/C25H32N4O5/c26-22(16-30)14-21-12-7-13-29(15-21)23(27-24(31)33-17-19-8-3-1-4-9-19)28-25(32)34-18-20-10-5-2-6-11-20/h1-6,8-11,21-22,30H,7,12-18,26H2,(H,27,28,31,32). The summed E-state index contributed by atoms with van der Waals surface area (Å²) in [4.78, 5) is 30.8. The van der Waals surface area contributed by atoms with Crippen LogP contribution in [0.2, 0.25) is 0 Å². The van der Waals surface area contributed by atoms with E-state index in [2.05, 4.69) is 10.3 Å². The van der Waals surface area contributed by atoms with E-state index in [4.69, 9.17) is 15.2 Å². The number of piperidine rings is 1. The van der Waals surface area contributed by atoms with Crippen molar-refractivity contribution in [1.82, 2.24) is 10.2 Å². The Morgan fingerprint density at radius 2 is 1.68 bits per heavy atom. The molecule has 4 N–H and O–H groups in total. The highest BCUT2D eigenvalue weighted by molar-refractivity contribution is 5.98. The number of nitrogens with two attached hydrogens (primary N) is 1. The number of ether oxygens (including phenoxy) is 2. The minimum atomic E-state index is -0.809. The molecule has 1 fully saturated rings. The maximum Gasteiger partial charge on any atom is 0.437 e. The number of carbonyl (C=O) groups excluding carboxylic acids is 2. The molecule has 2 amide bonds. The minimum absolute atomic E-state index is 0.0723. The second-order valence-corrected chi connectivity index (χ2v) is 8.29. The molecule has 9 nitrogen and oxygen atoms in total. The van der Waals surface area contributed by atoms with Gasteiger partial charge in [-0.25, -0.2) is 9.59 Å². The zero-order valence-corrected chi connectivity index (χ0v) is 19.1. The molecule has 0 aromatic heterocycles. The summed E-state index contributed by atoms with van der Waals surface area (Å²) < 4.78 is 10.6. The van der Waals surface area contributed by atoms with Crippen LogP contribution in [0.5, 0.6) is 0 Å². The molecule has 2 atom stereocenters. The van der Waals surface area contributed by atoms with Gasteiger partial charge in [0.25, 0.3) is 0 Å². The monoisotopic (exact) mass is 468 g/mol. The van der Waals surface area contributed by atoms with Crippen molar-refractivity contribution in [2.75, 3.05) is 19.7 Å². The van der Waals surface area contributed by atoms with Crippen LogP contribution >= 0.6 is 0 Å². The van der Waals surface area contributed by atoms with E-state index in [9.17, 15) is 14.7 Å². The predicted molar refractivity (Wildman–Crippen MR) is 128 cm³/mol. The zero-order valence-electron chi connectivity index (χ0n) is 19.1. The first kappa shape index (κ1) is 25.2. The molecular weight excluding hydrogens is 436 g/mol. The summed E-state index contributed by atoms with van der Waals surface area (Å²) in [5, 5.41) is 11.9. The number of nitrogens with one attached hydrogen (secondary N) is 1. The van der Waals surface area contributed by atoms with Crippen LogP contribution in [0.15, 0.2) is 65.7 Å². The highest BCUT2D eigenvalue weighted by Crippen LogP contribution is 2.21. The van der Waals surface area contributed by atoms with Crippen molar-refractivity contribution in [1.29, 1.82) is 0 Å². The Hall–Kier alpha value is -3.43. The van der Waals surface area contributed by atoms with Gasteiger partial charge in [-0.1, -0.05) is 60.7 Å². The molecule has 0 saturated carbocycles. The predicted octanol–water partition coefficient (Wildman–Crippen LogP) is 3.03. The molecule has 1 aliphatic rings. The van der Waals surface area contributed by atoms with Gasteiger partial charge in [0.05, 0.1) is 6.61 Å². The van der Waals surface area contributed by atoms with Crippen molar-refractivity contribution in [2.24, 2.45) is 16.6 Å². The van der Waals surface area contributed by atoms with Crippen LogP contribution in [0.1, 0.15) is 30.4 Å². The third-order valence-corrected chi connectivity index (χ3v) is 5.52. The Balaban J connectivity index is 1.66. The number of rotatable bonds is 7. The third kappa shape index (κ3) is 8.49. The van der Waals surface area contributed by atoms with E-state index in [1.807, 2.05) is 65.6 Å².